The van der Waals surface area contributed by atoms with Crippen molar-refractivity contribution in [3.8, 4) is 17.3 Å². The molecule has 0 aliphatic carbocycles. The Morgan fingerprint density at radius 1 is 1.20 bits per heavy atom. The quantitative estimate of drug-likeness (QED) is 0.696. The molecule has 0 saturated carbocycles. The van der Waals surface area contributed by atoms with E-state index in [1.807, 2.05) is 42.0 Å². The first-order valence-electron chi connectivity index (χ1n) is 8.13. The molecule has 128 valence electrons. The van der Waals surface area contributed by atoms with Crippen LogP contribution in [0, 0.1) is 6.92 Å². The molecular weight excluding hydrogens is 340 g/mol. The van der Waals surface area contributed by atoms with Gasteiger partial charge in [0.1, 0.15) is 23.9 Å². The second-order valence-electron chi connectivity index (χ2n) is 5.74. The van der Waals surface area contributed by atoms with Crippen molar-refractivity contribution in [3.63, 3.8) is 0 Å². The van der Waals surface area contributed by atoms with Gasteiger partial charge in [0.15, 0.2) is 5.90 Å². The lowest BCUT2D eigenvalue weighted by Crippen LogP contribution is -2.01. The van der Waals surface area contributed by atoms with Crippen LogP contribution in [0.1, 0.15) is 18.0 Å². The minimum atomic E-state index is 0.504. The first-order chi connectivity index (χ1) is 12.2. The number of aliphatic imine (C=N–C) groups is 1. The highest BCUT2D eigenvalue weighted by molar-refractivity contribution is 6.30. The second kappa shape index (κ2) is 6.72. The van der Waals surface area contributed by atoms with Gasteiger partial charge >= 0.3 is 6.01 Å². The predicted octanol–water partition coefficient (Wildman–Crippen LogP) is 3.85. The maximum Gasteiger partial charge on any atom is 0.307 e. The lowest BCUT2D eigenvalue weighted by Gasteiger charge is -2.02. The molecule has 2 aromatic heterocycles. The predicted molar refractivity (Wildman–Crippen MR) is 95.4 cm³/mol. The Kier molecular flexibility index (Phi) is 4.28. The van der Waals surface area contributed by atoms with Crippen molar-refractivity contribution in [2.75, 3.05) is 13.2 Å². The van der Waals surface area contributed by atoms with Crippen molar-refractivity contribution in [3.05, 3.63) is 53.3 Å². The Labute approximate surface area is 150 Å². The lowest BCUT2D eigenvalue weighted by atomic mass is 10.1. The number of rotatable bonds is 5. The molecule has 3 heterocycles. The summed E-state index contributed by atoms with van der Waals surface area (Å²) in [5.41, 5.74) is 1.76. The molecule has 1 aliphatic rings. The third-order valence-electron chi connectivity index (χ3n) is 4.05. The van der Waals surface area contributed by atoms with Gasteiger partial charge in [0.05, 0.1) is 6.54 Å². The number of hydrogen-bond donors (Lipinski definition) is 0. The van der Waals surface area contributed by atoms with E-state index in [1.165, 1.54) is 0 Å². The smallest absolute Gasteiger partial charge is 0.307 e. The van der Waals surface area contributed by atoms with Crippen LogP contribution < -0.4 is 0 Å². The summed E-state index contributed by atoms with van der Waals surface area (Å²) < 4.78 is 13.4. The van der Waals surface area contributed by atoms with Crippen LogP contribution >= 0.6 is 11.6 Å². The molecule has 1 aromatic carbocycles. The summed E-state index contributed by atoms with van der Waals surface area (Å²) >= 11 is 6.00. The van der Waals surface area contributed by atoms with Crippen LogP contribution in [0.4, 0.5) is 0 Å². The highest BCUT2D eigenvalue weighted by Crippen LogP contribution is 2.28. The fourth-order valence-corrected chi connectivity index (χ4v) is 2.90. The summed E-state index contributed by atoms with van der Waals surface area (Å²) in [6.07, 6.45) is 4.92. The van der Waals surface area contributed by atoms with Gasteiger partial charge in [-0.3, -0.25) is 9.56 Å². The number of halogens is 1. The number of nitrogens with zero attached hydrogens (tertiary/aromatic N) is 4. The summed E-state index contributed by atoms with van der Waals surface area (Å²) in [6, 6.07) is 8.09. The molecule has 0 fully saturated rings. The van der Waals surface area contributed by atoms with E-state index in [4.69, 9.17) is 25.7 Å². The van der Waals surface area contributed by atoms with Crippen molar-refractivity contribution in [1.29, 1.82) is 0 Å². The Morgan fingerprint density at radius 2 is 2.04 bits per heavy atom. The summed E-state index contributed by atoms with van der Waals surface area (Å²) in [5.74, 6) is 2.39. The topological polar surface area (TPSA) is 65.4 Å². The van der Waals surface area contributed by atoms with Crippen LogP contribution in [-0.2, 0) is 11.2 Å². The van der Waals surface area contributed by atoms with Gasteiger partial charge in [-0.1, -0.05) is 23.7 Å². The van der Waals surface area contributed by atoms with Gasteiger partial charge in [0, 0.05) is 35.8 Å². The molecule has 0 spiro atoms. The van der Waals surface area contributed by atoms with Crippen LogP contribution in [0.3, 0.4) is 0 Å². The first kappa shape index (κ1) is 15.9. The summed E-state index contributed by atoms with van der Waals surface area (Å²) in [4.78, 5) is 13.3. The third-order valence-corrected chi connectivity index (χ3v) is 4.30. The molecule has 7 heteroatoms. The maximum atomic E-state index is 6.05. The summed E-state index contributed by atoms with van der Waals surface area (Å²) in [5, 5.41) is 0.688. The van der Waals surface area contributed by atoms with E-state index in [0.29, 0.717) is 30.5 Å². The monoisotopic (exact) mass is 356 g/mol. The number of aryl methyl sites for hydroxylation is 2. The SMILES string of the molecule is Cc1nccn1-c1nc(-c2ccc(Cl)cc2)c(CCC2=NCCO2)o1. The molecule has 0 radical (unpaired) electrons. The Hall–Kier alpha value is -2.60. The normalized spacial score (nSPS) is 13.8. The standard InChI is InChI=1S/C18H17ClN4O2/c1-12-20-8-10-23(12)18-22-17(13-2-4-14(19)5-3-13)15(25-18)6-7-16-21-9-11-24-16/h2-5,8,10H,6-7,9,11H2,1H3. The van der Waals surface area contributed by atoms with Crippen molar-refractivity contribution in [2.24, 2.45) is 4.99 Å². The van der Waals surface area contributed by atoms with Crippen molar-refractivity contribution in [2.45, 2.75) is 19.8 Å². The molecule has 0 N–H and O–H groups in total. The minimum absolute atomic E-state index is 0.504. The summed E-state index contributed by atoms with van der Waals surface area (Å²) in [7, 11) is 0. The van der Waals surface area contributed by atoms with Gasteiger partial charge in [-0.15, -0.1) is 0 Å². The third kappa shape index (κ3) is 3.30. The van der Waals surface area contributed by atoms with E-state index in [0.717, 1.165) is 35.3 Å². The zero-order valence-electron chi connectivity index (χ0n) is 13.8. The van der Waals surface area contributed by atoms with Gasteiger partial charge in [-0.2, -0.15) is 4.98 Å². The van der Waals surface area contributed by atoms with Crippen molar-refractivity contribution < 1.29 is 9.15 Å². The van der Waals surface area contributed by atoms with Crippen LogP contribution in [-0.4, -0.2) is 33.6 Å². The van der Waals surface area contributed by atoms with Gasteiger partial charge in [0.25, 0.3) is 0 Å². The van der Waals surface area contributed by atoms with E-state index in [-0.39, 0.29) is 0 Å². The fraction of sp³-hybridized carbons (Fsp3) is 0.278. The van der Waals surface area contributed by atoms with Crippen LogP contribution in [0.25, 0.3) is 17.3 Å². The number of benzene rings is 1. The maximum absolute atomic E-state index is 6.05. The number of oxazole rings is 1. The van der Waals surface area contributed by atoms with E-state index in [1.54, 1.807) is 6.20 Å². The molecule has 3 aromatic rings. The van der Waals surface area contributed by atoms with Crippen molar-refractivity contribution >= 4 is 17.5 Å². The minimum Gasteiger partial charge on any atom is -0.479 e. The number of ether oxygens (including phenoxy) is 1. The molecule has 0 atom stereocenters. The molecule has 6 nitrogen and oxygen atoms in total. The second-order valence-corrected chi connectivity index (χ2v) is 6.18. The Bertz CT molecular complexity index is 912. The molecule has 25 heavy (non-hydrogen) atoms. The molecule has 1 aliphatic heterocycles. The highest BCUT2D eigenvalue weighted by atomic mass is 35.5. The molecule has 4 rings (SSSR count). The number of imidazole rings is 1. The van der Waals surface area contributed by atoms with Gasteiger partial charge < -0.3 is 9.15 Å². The van der Waals surface area contributed by atoms with Crippen molar-refractivity contribution in [1.82, 2.24) is 14.5 Å². The van der Waals surface area contributed by atoms with E-state index in [2.05, 4.69) is 9.98 Å². The molecule has 0 amide bonds. The lowest BCUT2D eigenvalue weighted by molar-refractivity contribution is 0.336. The molecular formula is C18H17ClN4O2. The molecule has 0 saturated heterocycles. The van der Waals surface area contributed by atoms with E-state index < -0.39 is 0 Å². The first-order valence-corrected chi connectivity index (χ1v) is 8.50. The average molecular weight is 357 g/mol. The fourth-order valence-electron chi connectivity index (χ4n) is 2.78. The Balaban J connectivity index is 1.70. The highest BCUT2D eigenvalue weighted by Gasteiger charge is 2.19. The van der Waals surface area contributed by atoms with Crippen LogP contribution in [0.15, 0.2) is 46.1 Å². The van der Waals surface area contributed by atoms with Gasteiger partial charge in [-0.25, -0.2) is 4.98 Å². The Morgan fingerprint density at radius 3 is 2.72 bits per heavy atom. The van der Waals surface area contributed by atoms with Gasteiger partial charge in [-0.05, 0) is 19.1 Å². The van der Waals surface area contributed by atoms with E-state index in [9.17, 15) is 0 Å². The largest absolute Gasteiger partial charge is 0.479 e. The average Bonchev–Trinajstić information content (AvgIpc) is 3.34. The van der Waals surface area contributed by atoms with E-state index >= 15 is 0 Å². The zero-order valence-corrected chi connectivity index (χ0v) is 14.5. The van der Waals surface area contributed by atoms with Crippen LogP contribution in [0.2, 0.25) is 5.02 Å². The molecule has 0 unspecified atom stereocenters. The summed E-state index contributed by atoms with van der Waals surface area (Å²) in [6.45, 7) is 3.30. The zero-order chi connectivity index (χ0) is 17.2. The number of aromatic nitrogens is 3. The number of hydrogen-bond acceptors (Lipinski definition) is 5. The van der Waals surface area contributed by atoms with Crippen LogP contribution in [0.5, 0.6) is 0 Å². The molecule has 0 bridgehead atoms. The van der Waals surface area contributed by atoms with Gasteiger partial charge in [0.2, 0.25) is 0 Å².